The van der Waals surface area contributed by atoms with Crippen molar-refractivity contribution in [1.82, 2.24) is 9.47 Å². The van der Waals surface area contributed by atoms with Gasteiger partial charge in [0.1, 0.15) is 11.6 Å². The number of carbonyl (C=O) groups excluding carboxylic acids is 1. The third-order valence-corrected chi connectivity index (χ3v) is 6.34. The highest BCUT2D eigenvalue weighted by molar-refractivity contribution is 6.09. The summed E-state index contributed by atoms with van der Waals surface area (Å²) in [4.78, 5) is 17.6. The Kier molecular flexibility index (Phi) is 7.96. The minimum atomic E-state index is -0.404. The van der Waals surface area contributed by atoms with Gasteiger partial charge >= 0.3 is 0 Å². The van der Waals surface area contributed by atoms with Crippen LogP contribution in [0.25, 0.3) is 6.08 Å². The number of benzene rings is 1. The van der Waals surface area contributed by atoms with Crippen LogP contribution in [0.2, 0.25) is 0 Å². The highest BCUT2D eigenvalue weighted by Gasteiger charge is 2.18. The lowest BCUT2D eigenvalue weighted by atomic mass is 10.1. The Labute approximate surface area is 197 Å². The van der Waals surface area contributed by atoms with E-state index in [9.17, 15) is 10.1 Å². The van der Waals surface area contributed by atoms with Gasteiger partial charge in [0.25, 0.3) is 5.91 Å². The molecule has 33 heavy (non-hydrogen) atoms. The summed E-state index contributed by atoms with van der Waals surface area (Å²) >= 11 is 0. The van der Waals surface area contributed by atoms with E-state index in [1.807, 2.05) is 32.0 Å². The molecule has 7 heteroatoms. The standard InChI is InChI=1S/C26H35N5O2/c1-18-13-24(7-8-25(18)30-11-9-29(5)10-12-30)28-26(32)23(16-27)15-22-14-19(2)31(21(22)4)20(3)17-33-6/h7-8,13-15,20H,9-12,17H2,1-6H3,(H,28,32)/b23-15+. The Hall–Kier alpha value is -3.08. The number of hydrogen-bond donors (Lipinski definition) is 1. The van der Waals surface area contributed by atoms with Gasteiger partial charge in [-0.1, -0.05) is 0 Å². The van der Waals surface area contributed by atoms with Gasteiger partial charge in [0, 0.05) is 56.1 Å². The monoisotopic (exact) mass is 449 g/mol. The van der Waals surface area contributed by atoms with E-state index in [0.717, 1.165) is 48.7 Å². The molecule has 3 rings (SSSR count). The Morgan fingerprint density at radius 2 is 1.91 bits per heavy atom. The van der Waals surface area contributed by atoms with Gasteiger partial charge in [0.2, 0.25) is 0 Å². The van der Waals surface area contributed by atoms with Crippen LogP contribution in [0.1, 0.15) is 35.5 Å². The number of carbonyl (C=O) groups is 1. The Morgan fingerprint density at radius 3 is 2.52 bits per heavy atom. The quantitative estimate of drug-likeness (QED) is 0.512. The molecule has 1 aromatic heterocycles. The molecule has 1 aliphatic heterocycles. The number of amides is 1. The SMILES string of the molecule is COCC(C)n1c(C)cc(/C=C(\C#N)C(=O)Nc2ccc(N3CCN(C)CC3)c(C)c2)c1C. The first-order valence-corrected chi connectivity index (χ1v) is 11.4. The van der Waals surface area contributed by atoms with Crippen molar-refractivity contribution in [3.63, 3.8) is 0 Å². The molecule has 1 aliphatic rings. The van der Waals surface area contributed by atoms with Crippen LogP contribution in [0, 0.1) is 32.1 Å². The smallest absolute Gasteiger partial charge is 0.266 e. The molecule has 1 amide bonds. The molecule has 1 aromatic carbocycles. The molecule has 2 aromatic rings. The summed E-state index contributed by atoms with van der Waals surface area (Å²) in [7, 11) is 3.82. The molecule has 0 saturated carbocycles. The lowest BCUT2D eigenvalue weighted by Crippen LogP contribution is -2.44. The van der Waals surface area contributed by atoms with Crippen LogP contribution in [-0.4, -0.2) is 62.3 Å². The second-order valence-electron chi connectivity index (χ2n) is 8.92. The van der Waals surface area contributed by atoms with E-state index in [-0.39, 0.29) is 11.6 Å². The van der Waals surface area contributed by atoms with Gasteiger partial charge in [0.15, 0.2) is 0 Å². The van der Waals surface area contributed by atoms with Gasteiger partial charge in [-0.3, -0.25) is 4.79 Å². The van der Waals surface area contributed by atoms with Crippen molar-refractivity contribution in [3.05, 3.63) is 52.4 Å². The van der Waals surface area contributed by atoms with Crippen molar-refractivity contribution >= 4 is 23.4 Å². The number of ether oxygens (including phenoxy) is 1. The first-order chi connectivity index (χ1) is 15.7. The van der Waals surface area contributed by atoms with Crippen LogP contribution >= 0.6 is 0 Å². The number of methoxy groups -OCH3 is 1. The van der Waals surface area contributed by atoms with Crippen molar-refractivity contribution in [1.29, 1.82) is 5.26 Å². The summed E-state index contributed by atoms with van der Waals surface area (Å²) in [5.41, 5.74) is 6.00. The lowest BCUT2D eigenvalue weighted by Gasteiger charge is -2.35. The number of aromatic nitrogens is 1. The summed E-state index contributed by atoms with van der Waals surface area (Å²) in [5, 5.41) is 12.6. The third-order valence-electron chi connectivity index (χ3n) is 6.34. The molecule has 176 valence electrons. The van der Waals surface area contributed by atoms with Gasteiger partial charge in [0.05, 0.1) is 12.6 Å². The second-order valence-corrected chi connectivity index (χ2v) is 8.92. The number of rotatable bonds is 7. The molecule has 1 atom stereocenters. The predicted molar refractivity (Wildman–Crippen MR) is 134 cm³/mol. The van der Waals surface area contributed by atoms with E-state index in [1.54, 1.807) is 13.2 Å². The second kappa shape index (κ2) is 10.7. The minimum Gasteiger partial charge on any atom is -0.383 e. The predicted octanol–water partition coefficient (Wildman–Crippen LogP) is 3.92. The zero-order valence-corrected chi connectivity index (χ0v) is 20.6. The first-order valence-electron chi connectivity index (χ1n) is 11.4. The van der Waals surface area contributed by atoms with E-state index in [2.05, 4.69) is 52.7 Å². The Balaban J connectivity index is 1.77. The Morgan fingerprint density at radius 1 is 1.21 bits per heavy atom. The molecule has 1 N–H and O–H groups in total. The van der Waals surface area contributed by atoms with Crippen LogP contribution in [0.4, 0.5) is 11.4 Å². The fourth-order valence-corrected chi connectivity index (χ4v) is 4.58. The third kappa shape index (κ3) is 5.65. The topological polar surface area (TPSA) is 73.5 Å². The molecule has 0 radical (unpaired) electrons. The molecule has 7 nitrogen and oxygen atoms in total. The summed E-state index contributed by atoms with van der Waals surface area (Å²) in [6.07, 6.45) is 1.67. The Bertz CT molecular complexity index is 1070. The number of hydrogen-bond acceptors (Lipinski definition) is 5. The van der Waals surface area contributed by atoms with Crippen LogP contribution < -0.4 is 10.2 Å². The molecule has 0 bridgehead atoms. The molecule has 1 fully saturated rings. The van der Waals surface area contributed by atoms with E-state index in [4.69, 9.17) is 4.74 Å². The number of piperazine rings is 1. The zero-order chi connectivity index (χ0) is 24.1. The largest absolute Gasteiger partial charge is 0.383 e. The van der Waals surface area contributed by atoms with Gasteiger partial charge in [-0.25, -0.2) is 0 Å². The fourth-order valence-electron chi connectivity index (χ4n) is 4.58. The summed E-state index contributed by atoms with van der Waals surface area (Å²) in [6.45, 7) is 12.8. The molecule has 2 heterocycles. The average Bonchev–Trinajstić information content (AvgIpc) is 3.05. The number of aryl methyl sites for hydroxylation is 2. The maximum Gasteiger partial charge on any atom is 0.266 e. The van der Waals surface area contributed by atoms with Crippen LogP contribution in [0.3, 0.4) is 0 Å². The molecule has 0 aliphatic carbocycles. The zero-order valence-electron chi connectivity index (χ0n) is 20.6. The van der Waals surface area contributed by atoms with Crippen molar-refractivity contribution in [2.45, 2.75) is 33.7 Å². The number of likely N-dealkylation sites (N-methyl/N-ethyl adjacent to an activating group) is 1. The van der Waals surface area contributed by atoms with Crippen molar-refractivity contribution in [2.75, 3.05) is 57.2 Å². The highest BCUT2D eigenvalue weighted by Crippen LogP contribution is 2.26. The molecular weight excluding hydrogens is 414 g/mol. The minimum absolute atomic E-state index is 0.0791. The number of nitrogens with one attached hydrogen (secondary N) is 1. The highest BCUT2D eigenvalue weighted by atomic mass is 16.5. The van der Waals surface area contributed by atoms with Crippen molar-refractivity contribution in [2.24, 2.45) is 0 Å². The van der Waals surface area contributed by atoms with Gasteiger partial charge in [-0.15, -0.1) is 0 Å². The molecule has 1 saturated heterocycles. The maximum absolute atomic E-state index is 12.9. The fraction of sp³-hybridized carbons (Fsp3) is 0.462. The lowest BCUT2D eigenvalue weighted by molar-refractivity contribution is -0.112. The average molecular weight is 450 g/mol. The molecule has 1 unspecified atom stereocenters. The maximum atomic E-state index is 12.9. The van der Waals surface area contributed by atoms with Crippen molar-refractivity contribution in [3.8, 4) is 6.07 Å². The molecule has 0 spiro atoms. The van der Waals surface area contributed by atoms with Crippen LogP contribution in [0.15, 0.2) is 29.8 Å². The van der Waals surface area contributed by atoms with E-state index in [0.29, 0.717) is 12.3 Å². The van der Waals surface area contributed by atoms with E-state index < -0.39 is 5.91 Å². The number of nitriles is 1. The summed E-state index contributed by atoms with van der Waals surface area (Å²) in [5.74, 6) is -0.404. The van der Waals surface area contributed by atoms with E-state index >= 15 is 0 Å². The first kappa shape index (κ1) is 24.6. The van der Waals surface area contributed by atoms with Crippen LogP contribution in [0.5, 0.6) is 0 Å². The van der Waals surface area contributed by atoms with Crippen molar-refractivity contribution < 1.29 is 9.53 Å². The number of nitrogens with zero attached hydrogens (tertiary/aromatic N) is 4. The van der Waals surface area contributed by atoms with Gasteiger partial charge in [-0.05, 0) is 76.2 Å². The number of anilines is 2. The van der Waals surface area contributed by atoms with Gasteiger partial charge < -0.3 is 24.4 Å². The normalized spacial score (nSPS) is 15.9. The molecular formula is C26H35N5O2. The summed E-state index contributed by atoms with van der Waals surface area (Å²) in [6, 6.07) is 10.2. The van der Waals surface area contributed by atoms with Gasteiger partial charge in [-0.2, -0.15) is 5.26 Å². The van der Waals surface area contributed by atoms with E-state index in [1.165, 1.54) is 5.69 Å². The van der Waals surface area contributed by atoms with Crippen LogP contribution in [-0.2, 0) is 9.53 Å². The summed E-state index contributed by atoms with van der Waals surface area (Å²) < 4.78 is 7.46.